The van der Waals surface area contributed by atoms with Crippen LogP contribution in [0.1, 0.15) is 25.8 Å². The van der Waals surface area contributed by atoms with E-state index >= 15 is 0 Å². The summed E-state index contributed by atoms with van der Waals surface area (Å²) < 4.78 is 0. The SMILES string of the molecule is CC(C)C(=O)N1CCCN(C(=O)Cc2cc[nH]c2)CC1. The smallest absolute Gasteiger partial charge is 0.227 e. The van der Waals surface area contributed by atoms with Crippen LogP contribution in [-0.4, -0.2) is 52.8 Å². The van der Waals surface area contributed by atoms with E-state index in [0.29, 0.717) is 19.5 Å². The molecule has 0 unspecified atom stereocenters. The van der Waals surface area contributed by atoms with Gasteiger partial charge in [0.05, 0.1) is 6.42 Å². The third-order valence-electron chi connectivity index (χ3n) is 3.67. The summed E-state index contributed by atoms with van der Waals surface area (Å²) in [7, 11) is 0. The first kappa shape index (κ1) is 14.6. The number of H-pyrrole nitrogens is 1. The fourth-order valence-electron chi connectivity index (χ4n) is 2.51. The lowest BCUT2D eigenvalue weighted by atomic mass is 10.2. The highest BCUT2D eigenvalue weighted by Crippen LogP contribution is 2.09. The lowest BCUT2D eigenvalue weighted by molar-refractivity contribution is -0.135. The largest absolute Gasteiger partial charge is 0.367 e. The van der Waals surface area contributed by atoms with E-state index in [1.54, 1.807) is 0 Å². The zero-order valence-electron chi connectivity index (χ0n) is 12.3. The van der Waals surface area contributed by atoms with E-state index in [1.807, 2.05) is 42.1 Å². The first-order valence-corrected chi connectivity index (χ1v) is 7.26. The molecule has 0 aromatic carbocycles. The van der Waals surface area contributed by atoms with Crippen molar-refractivity contribution >= 4 is 11.8 Å². The molecule has 1 aromatic rings. The van der Waals surface area contributed by atoms with Gasteiger partial charge in [0, 0.05) is 44.5 Å². The molecule has 1 aliphatic heterocycles. The second-order valence-corrected chi connectivity index (χ2v) is 5.61. The monoisotopic (exact) mass is 277 g/mol. The molecule has 0 radical (unpaired) electrons. The Morgan fingerprint density at radius 1 is 1.20 bits per heavy atom. The molecule has 0 atom stereocenters. The molecule has 0 spiro atoms. The first-order valence-electron chi connectivity index (χ1n) is 7.26. The van der Waals surface area contributed by atoms with E-state index in [4.69, 9.17) is 0 Å². The van der Waals surface area contributed by atoms with Gasteiger partial charge < -0.3 is 14.8 Å². The van der Waals surface area contributed by atoms with Crippen LogP contribution >= 0.6 is 0 Å². The van der Waals surface area contributed by atoms with Crippen LogP contribution in [0.4, 0.5) is 0 Å². The Hall–Kier alpha value is -1.78. The molecule has 1 N–H and O–H groups in total. The Morgan fingerprint density at radius 3 is 2.55 bits per heavy atom. The van der Waals surface area contributed by atoms with E-state index < -0.39 is 0 Å². The fourth-order valence-corrected chi connectivity index (χ4v) is 2.51. The van der Waals surface area contributed by atoms with Crippen molar-refractivity contribution in [3.05, 3.63) is 24.0 Å². The molecule has 110 valence electrons. The second kappa shape index (κ2) is 6.59. The molecule has 20 heavy (non-hydrogen) atoms. The van der Waals surface area contributed by atoms with Crippen LogP contribution in [0.15, 0.2) is 18.5 Å². The summed E-state index contributed by atoms with van der Waals surface area (Å²) in [5, 5.41) is 0. The zero-order valence-corrected chi connectivity index (χ0v) is 12.3. The van der Waals surface area contributed by atoms with Crippen molar-refractivity contribution in [2.24, 2.45) is 5.92 Å². The summed E-state index contributed by atoms with van der Waals surface area (Å²) >= 11 is 0. The Kier molecular flexibility index (Phi) is 4.82. The number of aromatic nitrogens is 1. The van der Waals surface area contributed by atoms with Gasteiger partial charge in [-0.3, -0.25) is 9.59 Å². The highest BCUT2D eigenvalue weighted by molar-refractivity contribution is 5.80. The molecular weight excluding hydrogens is 254 g/mol. The van der Waals surface area contributed by atoms with Crippen LogP contribution < -0.4 is 0 Å². The van der Waals surface area contributed by atoms with Crippen LogP contribution in [0.5, 0.6) is 0 Å². The molecular formula is C15H23N3O2. The van der Waals surface area contributed by atoms with Gasteiger partial charge in [-0.25, -0.2) is 0 Å². The van der Waals surface area contributed by atoms with Crippen LogP contribution in [-0.2, 0) is 16.0 Å². The first-order chi connectivity index (χ1) is 9.58. The van der Waals surface area contributed by atoms with Crippen LogP contribution in [0.25, 0.3) is 0 Å². The molecule has 0 aliphatic carbocycles. The predicted octanol–water partition coefficient (Wildman–Crippen LogP) is 1.27. The summed E-state index contributed by atoms with van der Waals surface area (Å²) in [4.78, 5) is 31.0. The molecule has 1 fully saturated rings. The van der Waals surface area contributed by atoms with Gasteiger partial charge in [-0.1, -0.05) is 13.8 Å². The van der Waals surface area contributed by atoms with E-state index in [0.717, 1.165) is 25.1 Å². The van der Waals surface area contributed by atoms with Crippen molar-refractivity contribution in [3.63, 3.8) is 0 Å². The standard InChI is InChI=1S/C15H23N3O2/c1-12(2)15(20)18-7-3-6-17(8-9-18)14(19)10-13-4-5-16-11-13/h4-5,11-12,16H,3,6-10H2,1-2H3. The Labute approximate surface area is 119 Å². The van der Waals surface area contributed by atoms with Gasteiger partial charge >= 0.3 is 0 Å². The lowest BCUT2D eigenvalue weighted by Crippen LogP contribution is -2.39. The van der Waals surface area contributed by atoms with Gasteiger partial charge in [0.2, 0.25) is 11.8 Å². The van der Waals surface area contributed by atoms with E-state index in [-0.39, 0.29) is 17.7 Å². The zero-order chi connectivity index (χ0) is 14.5. The maximum absolute atomic E-state index is 12.2. The van der Waals surface area contributed by atoms with Crippen molar-refractivity contribution < 1.29 is 9.59 Å². The number of amides is 2. The number of rotatable bonds is 3. The fraction of sp³-hybridized carbons (Fsp3) is 0.600. The molecule has 1 aliphatic rings. The number of carbonyl (C=O) groups excluding carboxylic acids is 2. The Morgan fingerprint density at radius 2 is 1.90 bits per heavy atom. The van der Waals surface area contributed by atoms with Crippen molar-refractivity contribution in [2.75, 3.05) is 26.2 Å². The molecule has 5 nitrogen and oxygen atoms in total. The van der Waals surface area contributed by atoms with E-state index in [2.05, 4.69) is 4.98 Å². The number of aromatic amines is 1. The number of carbonyl (C=O) groups is 2. The average molecular weight is 277 g/mol. The van der Waals surface area contributed by atoms with Crippen molar-refractivity contribution in [3.8, 4) is 0 Å². The van der Waals surface area contributed by atoms with Gasteiger partial charge in [0.25, 0.3) is 0 Å². The third kappa shape index (κ3) is 3.62. The number of nitrogens with one attached hydrogen (secondary N) is 1. The number of hydrogen-bond acceptors (Lipinski definition) is 2. The highest BCUT2D eigenvalue weighted by Gasteiger charge is 2.23. The maximum Gasteiger partial charge on any atom is 0.227 e. The summed E-state index contributed by atoms with van der Waals surface area (Å²) in [5.41, 5.74) is 1.01. The van der Waals surface area contributed by atoms with Gasteiger partial charge in [0.1, 0.15) is 0 Å². The van der Waals surface area contributed by atoms with Crippen LogP contribution in [0.2, 0.25) is 0 Å². The minimum absolute atomic E-state index is 0.0251. The second-order valence-electron chi connectivity index (χ2n) is 5.61. The summed E-state index contributed by atoms with van der Waals surface area (Å²) in [6, 6.07) is 1.92. The molecule has 0 bridgehead atoms. The van der Waals surface area contributed by atoms with Crippen molar-refractivity contribution in [1.29, 1.82) is 0 Å². The quantitative estimate of drug-likeness (QED) is 0.904. The average Bonchev–Trinajstić information content (AvgIpc) is 2.79. The van der Waals surface area contributed by atoms with Crippen molar-refractivity contribution in [1.82, 2.24) is 14.8 Å². The summed E-state index contributed by atoms with van der Waals surface area (Å²) in [6.45, 7) is 6.62. The normalized spacial score (nSPS) is 16.4. The minimum atomic E-state index is 0.0251. The molecule has 2 heterocycles. The van der Waals surface area contributed by atoms with Crippen LogP contribution in [0, 0.1) is 5.92 Å². The minimum Gasteiger partial charge on any atom is -0.367 e. The molecule has 5 heteroatoms. The topological polar surface area (TPSA) is 56.4 Å². The number of hydrogen-bond donors (Lipinski definition) is 1. The van der Waals surface area contributed by atoms with Gasteiger partial charge in [-0.2, -0.15) is 0 Å². The molecule has 1 saturated heterocycles. The molecule has 2 rings (SSSR count). The van der Waals surface area contributed by atoms with E-state index in [1.165, 1.54) is 0 Å². The summed E-state index contributed by atoms with van der Waals surface area (Å²) in [5.74, 6) is 0.352. The molecule has 0 saturated carbocycles. The highest BCUT2D eigenvalue weighted by atomic mass is 16.2. The maximum atomic E-state index is 12.2. The third-order valence-corrected chi connectivity index (χ3v) is 3.67. The Bertz CT molecular complexity index is 454. The van der Waals surface area contributed by atoms with Crippen LogP contribution in [0.3, 0.4) is 0 Å². The van der Waals surface area contributed by atoms with Gasteiger partial charge in [-0.05, 0) is 18.1 Å². The lowest BCUT2D eigenvalue weighted by Gasteiger charge is -2.23. The number of nitrogens with zero attached hydrogens (tertiary/aromatic N) is 2. The van der Waals surface area contributed by atoms with Crippen molar-refractivity contribution in [2.45, 2.75) is 26.7 Å². The van der Waals surface area contributed by atoms with Gasteiger partial charge in [-0.15, -0.1) is 0 Å². The van der Waals surface area contributed by atoms with E-state index in [9.17, 15) is 9.59 Å². The van der Waals surface area contributed by atoms with Gasteiger partial charge in [0.15, 0.2) is 0 Å². The Balaban J connectivity index is 1.89. The summed E-state index contributed by atoms with van der Waals surface area (Å²) in [6.07, 6.45) is 4.97. The molecule has 1 aromatic heterocycles. The molecule has 2 amide bonds. The predicted molar refractivity (Wildman–Crippen MR) is 77.1 cm³/mol.